The van der Waals surface area contributed by atoms with Crippen LogP contribution in [-0.2, 0) is 0 Å². The molecule has 0 aromatic heterocycles. The minimum atomic E-state index is -0.798. The normalized spacial score (nSPS) is 10.3. The molecule has 0 aliphatic carbocycles. The summed E-state index contributed by atoms with van der Waals surface area (Å²) in [5.41, 5.74) is -1.00. The van der Waals surface area contributed by atoms with E-state index in [4.69, 9.17) is 39.5 Å². The highest BCUT2D eigenvalue weighted by Crippen LogP contribution is 2.41. The van der Waals surface area contributed by atoms with Crippen molar-refractivity contribution in [2.45, 2.75) is 0 Å². The first-order valence-corrected chi connectivity index (χ1v) is 6.69. The second-order valence-corrected chi connectivity index (χ2v) is 5.10. The van der Waals surface area contributed by atoms with Crippen LogP contribution >= 0.6 is 34.8 Å². The number of rotatable bonds is 4. The lowest BCUT2D eigenvalue weighted by molar-refractivity contribution is -0.394. The summed E-state index contributed by atoms with van der Waals surface area (Å²) in [6, 6.07) is 5.76. The number of hydrogen-bond acceptors (Lipinski definition) is 5. The number of nitrogens with zero attached hydrogens (tertiary/aromatic N) is 2. The molecule has 0 bridgehead atoms. The molecule has 0 heterocycles. The number of halogens is 3. The van der Waals surface area contributed by atoms with Gasteiger partial charge >= 0.3 is 5.69 Å². The van der Waals surface area contributed by atoms with Crippen LogP contribution in [0.1, 0.15) is 0 Å². The van der Waals surface area contributed by atoms with Gasteiger partial charge in [-0.25, -0.2) is 0 Å². The quantitative estimate of drug-likeness (QED) is 0.419. The molecule has 10 heteroatoms. The Morgan fingerprint density at radius 2 is 1.50 bits per heavy atom. The van der Waals surface area contributed by atoms with Crippen molar-refractivity contribution >= 4 is 46.2 Å². The molecule has 114 valence electrons. The molecule has 2 rings (SSSR count). The fourth-order valence-electron chi connectivity index (χ4n) is 1.55. The minimum absolute atomic E-state index is 0.0261. The highest BCUT2D eigenvalue weighted by molar-refractivity contribution is 6.48. The van der Waals surface area contributed by atoms with Gasteiger partial charge in [-0.2, -0.15) is 0 Å². The van der Waals surface area contributed by atoms with E-state index in [1.807, 2.05) is 0 Å². The second kappa shape index (κ2) is 6.35. The van der Waals surface area contributed by atoms with E-state index in [-0.39, 0.29) is 26.6 Å². The van der Waals surface area contributed by atoms with Crippen LogP contribution in [0.15, 0.2) is 30.3 Å². The van der Waals surface area contributed by atoms with Crippen molar-refractivity contribution in [3.63, 3.8) is 0 Å². The Bertz CT molecular complexity index is 782. The second-order valence-electron chi connectivity index (χ2n) is 3.94. The third-order valence-electron chi connectivity index (χ3n) is 2.57. The van der Waals surface area contributed by atoms with Crippen molar-refractivity contribution in [3.05, 3.63) is 65.6 Å². The molecule has 0 unspecified atom stereocenters. The van der Waals surface area contributed by atoms with Crippen molar-refractivity contribution < 1.29 is 14.6 Å². The zero-order chi connectivity index (χ0) is 16.4. The summed E-state index contributed by atoms with van der Waals surface area (Å²) in [5, 5.41) is 21.9. The molecule has 0 atom stereocenters. The number of nitro groups is 2. The number of ether oxygens (including phenoxy) is 1. The summed E-state index contributed by atoms with van der Waals surface area (Å²) in [6.45, 7) is 0. The average molecular weight is 364 g/mol. The molecule has 0 aliphatic heterocycles. The molecule has 2 aromatic rings. The van der Waals surface area contributed by atoms with Crippen LogP contribution in [0.25, 0.3) is 0 Å². The van der Waals surface area contributed by atoms with E-state index in [1.54, 1.807) is 0 Å². The Hall–Kier alpha value is -2.09. The molecule has 22 heavy (non-hydrogen) atoms. The van der Waals surface area contributed by atoms with E-state index >= 15 is 0 Å². The van der Waals surface area contributed by atoms with Crippen molar-refractivity contribution in [1.82, 2.24) is 0 Å². The van der Waals surface area contributed by atoms with Gasteiger partial charge in [-0.15, -0.1) is 0 Å². The topological polar surface area (TPSA) is 95.5 Å². The van der Waals surface area contributed by atoms with Crippen LogP contribution in [0.5, 0.6) is 11.5 Å². The van der Waals surface area contributed by atoms with E-state index < -0.39 is 21.2 Å². The van der Waals surface area contributed by atoms with Gasteiger partial charge < -0.3 is 4.74 Å². The summed E-state index contributed by atoms with van der Waals surface area (Å²) in [7, 11) is 0. The first-order chi connectivity index (χ1) is 10.3. The van der Waals surface area contributed by atoms with Crippen LogP contribution in [0.4, 0.5) is 11.4 Å². The first-order valence-electron chi connectivity index (χ1n) is 5.55. The van der Waals surface area contributed by atoms with Gasteiger partial charge in [-0.1, -0.05) is 34.8 Å². The highest BCUT2D eigenvalue weighted by atomic mass is 35.5. The van der Waals surface area contributed by atoms with Crippen molar-refractivity contribution in [2.24, 2.45) is 0 Å². The van der Waals surface area contributed by atoms with Crippen molar-refractivity contribution in [1.29, 1.82) is 0 Å². The van der Waals surface area contributed by atoms with Gasteiger partial charge in [0, 0.05) is 6.07 Å². The molecular weight excluding hydrogens is 359 g/mol. The fourth-order valence-corrected chi connectivity index (χ4v) is 2.12. The molecule has 0 N–H and O–H groups in total. The summed E-state index contributed by atoms with van der Waals surface area (Å²) in [4.78, 5) is 20.1. The molecule has 2 aromatic carbocycles. The first kappa shape index (κ1) is 16.3. The minimum Gasteiger partial charge on any atom is -0.448 e. The number of benzene rings is 2. The molecule has 0 spiro atoms. The molecule has 0 saturated carbocycles. The Morgan fingerprint density at radius 3 is 2.09 bits per heavy atom. The Morgan fingerprint density at radius 1 is 0.864 bits per heavy atom. The Kier molecular flexibility index (Phi) is 4.70. The molecule has 0 saturated heterocycles. The SMILES string of the molecule is O=[N+]([O-])c1ccc(Oc2ccc(Cl)c(Cl)c2Cl)c([N+](=O)[O-])c1. The third kappa shape index (κ3) is 3.22. The van der Waals surface area contributed by atoms with Gasteiger partial charge in [0.1, 0.15) is 10.8 Å². The van der Waals surface area contributed by atoms with E-state index in [2.05, 4.69) is 0 Å². The molecule has 0 radical (unpaired) electrons. The fraction of sp³-hybridized carbons (Fsp3) is 0. The van der Waals surface area contributed by atoms with Gasteiger partial charge in [0.05, 0.1) is 26.0 Å². The van der Waals surface area contributed by atoms with E-state index in [9.17, 15) is 20.2 Å². The summed E-state index contributed by atoms with van der Waals surface area (Å²) < 4.78 is 5.33. The number of non-ortho nitro benzene ring substituents is 1. The third-order valence-corrected chi connectivity index (χ3v) is 3.85. The smallest absolute Gasteiger partial charge is 0.318 e. The summed E-state index contributed by atoms with van der Waals surface area (Å²) >= 11 is 17.6. The number of nitro benzene ring substituents is 2. The highest BCUT2D eigenvalue weighted by Gasteiger charge is 2.22. The summed E-state index contributed by atoms with van der Waals surface area (Å²) in [5.74, 6) is -0.177. The van der Waals surface area contributed by atoms with Crippen LogP contribution in [0.3, 0.4) is 0 Å². The van der Waals surface area contributed by atoms with Crippen molar-refractivity contribution in [3.8, 4) is 11.5 Å². The Balaban J connectivity index is 2.48. The van der Waals surface area contributed by atoms with Gasteiger partial charge in [0.25, 0.3) is 5.69 Å². The average Bonchev–Trinajstić information content (AvgIpc) is 2.47. The van der Waals surface area contributed by atoms with Crippen LogP contribution in [0.2, 0.25) is 15.1 Å². The number of hydrogen-bond donors (Lipinski definition) is 0. The molecule has 7 nitrogen and oxygen atoms in total. The van der Waals surface area contributed by atoms with Crippen molar-refractivity contribution in [2.75, 3.05) is 0 Å². The molecular formula is C12H5Cl3N2O5. The molecule has 0 fully saturated rings. The van der Waals surface area contributed by atoms with Crippen LogP contribution in [0, 0.1) is 20.2 Å². The zero-order valence-electron chi connectivity index (χ0n) is 10.5. The van der Waals surface area contributed by atoms with E-state index in [1.165, 1.54) is 12.1 Å². The largest absolute Gasteiger partial charge is 0.448 e. The van der Waals surface area contributed by atoms with Gasteiger partial charge in [0.2, 0.25) is 5.75 Å². The molecule has 0 aliphatic rings. The van der Waals surface area contributed by atoms with Gasteiger partial charge in [-0.3, -0.25) is 20.2 Å². The maximum Gasteiger partial charge on any atom is 0.318 e. The van der Waals surface area contributed by atoms with Crippen LogP contribution < -0.4 is 4.74 Å². The molecule has 0 amide bonds. The maximum absolute atomic E-state index is 11.0. The van der Waals surface area contributed by atoms with E-state index in [0.717, 1.165) is 18.2 Å². The predicted molar refractivity (Wildman–Crippen MR) is 81.3 cm³/mol. The van der Waals surface area contributed by atoms with Gasteiger partial charge in [0.15, 0.2) is 0 Å². The van der Waals surface area contributed by atoms with E-state index in [0.29, 0.717) is 0 Å². The lowest BCUT2D eigenvalue weighted by atomic mass is 10.2. The standard InChI is InChI=1S/C12H5Cl3N2O5/c13-7-2-4-10(12(15)11(7)14)22-9-3-1-6(16(18)19)5-8(9)17(20)21/h1-5H. The lowest BCUT2D eigenvalue weighted by Gasteiger charge is -2.09. The monoisotopic (exact) mass is 362 g/mol. The van der Waals surface area contributed by atoms with Gasteiger partial charge in [-0.05, 0) is 18.2 Å². The van der Waals surface area contributed by atoms with Crippen LogP contribution in [-0.4, -0.2) is 9.85 Å². The zero-order valence-corrected chi connectivity index (χ0v) is 12.7. The lowest BCUT2D eigenvalue weighted by Crippen LogP contribution is -1.96. The Labute approximate surface area is 138 Å². The maximum atomic E-state index is 11.0. The summed E-state index contributed by atoms with van der Waals surface area (Å²) in [6.07, 6.45) is 0. The predicted octanol–water partition coefficient (Wildman–Crippen LogP) is 5.26.